The number of hydrogen-bond donors (Lipinski definition) is 1. The first-order valence-corrected chi connectivity index (χ1v) is 7.26. The summed E-state index contributed by atoms with van der Waals surface area (Å²) in [6.45, 7) is 3.34. The summed E-state index contributed by atoms with van der Waals surface area (Å²) < 4.78 is 37.5. The fourth-order valence-electron chi connectivity index (χ4n) is 1.23. The Hall–Kier alpha value is -0.920. The summed E-state index contributed by atoms with van der Waals surface area (Å²) in [6, 6.07) is 1.72. The summed E-state index contributed by atoms with van der Waals surface area (Å²) in [5.74, 6) is -3.48. The molecule has 4 nitrogen and oxygen atoms in total. The third kappa shape index (κ3) is 3.30. The van der Waals surface area contributed by atoms with E-state index in [0.29, 0.717) is 0 Å². The zero-order valence-electron chi connectivity index (χ0n) is 8.78. The fourth-order valence-corrected chi connectivity index (χ4v) is 3.67. The van der Waals surface area contributed by atoms with Crippen LogP contribution >= 0.6 is 27.5 Å². The van der Waals surface area contributed by atoms with Gasteiger partial charge in [-0.15, -0.1) is 0 Å². The van der Waals surface area contributed by atoms with Crippen LogP contribution in [0.5, 0.6) is 0 Å². The topological polar surface area (TPSA) is 71.4 Å². The van der Waals surface area contributed by atoms with Crippen molar-refractivity contribution in [2.24, 2.45) is 0 Å². The molecule has 1 rings (SSSR count). The summed E-state index contributed by atoms with van der Waals surface area (Å²) in [7, 11) is -4.04. The first kappa shape index (κ1) is 15.1. The summed E-state index contributed by atoms with van der Waals surface area (Å²) >= 11 is 8.43. The number of sulfone groups is 1. The quantitative estimate of drug-likeness (QED) is 0.899. The van der Waals surface area contributed by atoms with Crippen molar-refractivity contribution in [1.82, 2.24) is 0 Å². The monoisotopic (exact) mass is 356 g/mol. The van der Waals surface area contributed by atoms with Crippen LogP contribution in [0.2, 0.25) is 5.02 Å². The smallest absolute Gasteiger partial charge is 0.338 e. The molecule has 0 saturated heterocycles. The van der Waals surface area contributed by atoms with E-state index in [1.165, 1.54) is 0 Å². The van der Waals surface area contributed by atoms with Crippen molar-refractivity contribution in [1.29, 1.82) is 0 Å². The molecule has 0 radical (unpaired) electrons. The normalized spacial score (nSPS) is 11.3. The number of benzene rings is 1. The standard InChI is InChI=1S/C10H7BrClFO4S/c1-5(11)4-18(16,17)8-3-6(12)2-7(9(8)13)10(14)15/h2-3H,1,4H2,(H,14,15). The second-order valence-corrected chi connectivity index (χ2v) is 6.86. The number of hydrogen-bond acceptors (Lipinski definition) is 3. The highest BCUT2D eigenvalue weighted by Crippen LogP contribution is 2.26. The molecule has 0 bridgehead atoms. The molecular weight excluding hydrogens is 351 g/mol. The number of halogens is 3. The van der Waals surface area contributed by atoms with E-state index >= 15 is 0 Å². The van der Waals surface area contributed by atoms with Gasteiger partial charge in [0, 0.05) is 9.51 Å². The maximum absolute atomic E-state index is 13.8. The van der Waals surface area contributed by atoms with Gasteiger partial charge in [0.05, 0.1) is 11.3 Å². The molecule has 0 aliphatic carbocycles. The third-order valence-corrected chi connectivity index (χ3v) is 4.48. The molecule has 0 heterocycles. The van der Waals surface area contributed by atoms with Gasteiger partial charge in [0.2, 0.25) is 0 Å². The van der Waals surface area contributed by atoms with E-state index in [4.69, 9.17) is 16.7 Å². The number of aromatic carboxylic acids is 1. The Morgan fingerprint density at radius 2 is 2.06 bits per heavy atom. The van der Waals surface area contributed by atoms with Crippen molar-refractivity contribution in [3.63, 3.8) is 0 Å². The molecule has 0 aromatic heterocycles. The molecule has 0 spiro atoms. The highest BCUT2D eigenvalue weighted by molar-refractivity contribution is 9.11. The molecule has 1 aromatic carbocycles. The minimum absolute atomic E-state index is 0.124. The van der Waals surface area contributed by atoms with E-state index in [2.05, 4.69) is 22.5 Å². The molecular formula is C10H7BrClFO4S. The average Bonchev–Trinajstić information content (AvgIpc) is 2.18. The molecule has 0 atom stereocenters. The summed E-state index contributed by atoms with van der Waals surface area (Å²) in [5.41, 5.74) is -0.791. The van der Waals surface area contributed by atoms with Gasteiger partial charge in [-0.05, 0) is 12.1 Å². The lowest BCUT2D eigenvalue weighted by atomic mass is 10.2. The van der Waals surface area contributed by atoms with Gasteiger partial charge in [0.25, 0.3) is 0 Å². The van der Waals surface area contributed by atoms with E-state index in [-0.39, 0.29) is 9.51 Å². The van der Waals surface area contributed by atoms with Crippen molar-refractivity contribution in [3.8, 4) is 0 Å². The van der Waals surface area contributed by atoms with Crippen LogP contribution in [0.3, 0.4) is 0 Å². The van der Waals surface area contributed by atoms with Crippen LogP contribution in [0, 0.1) is 5.82 Å². The predicted octanol–water partition coefficient (Wildman–Crippen LogP) is 2.86. The van der Waals surface area contributed by atoms with Crippen LogP contribution in [-0.2, 0) is 9.84 Å². The molecule has 0 aliphatic rings. The number of carboxylic acids is 1. The summed E-state index contributed by atoms with van der Waals surface area (Å²) in [5, 5.41) is 8.57. The molecule has 8 heteroatoms. The number of carboxylic acid groups (broad SMARTS) is 1. The zero-order valence-corrected chi connectivity index (χ0v) is 11.9. The van der Waals surface area contributed by atoms with Crippen LogP contribution in [0.4, 0.5) is 4.39 Å². The van der Waals surface area contributed by atoms with Gasteiger partial charge in [-0.1, -0.05) is 34.1 Å². The first-order chi connectivity index (χ1) is 8.15. The summed E-state index contributed by atoms with van der Waals surface area (Å²) in [6.07, 6.45) is 0. The molecule has 18 heavy (non-hydrogen) atoms. The fraction of sp³-hybridized carbons (Fsp3) is 0.100. The van der Waals surface area contributed by atoms with E-state index in [9.17, 15) is 17.6 Å². The lowest BCUT2D eigenvalue weighted by Gasteiger charge is -2.07. The van der Waals surface area contributed by atoms with Crippen LogP contribution in [0.25, 0.3) is 0 Å². The van der Waals surface area contributed by atoms with E-state index < -0.39 is 37.8 Å². The molecule has 0 amide bonds. The van der Waals surface area contributed by atoms with Gasteiger partial charge in [0.15, 0.2) is 15.7 Å². The Kier molecular flexibility index (Phi) is 4.52. The summed E-state index contributed by atoms with van der Waals surface area (Å²) in [4.78, 5) is 10.00. The lowest BCUT2D eigenvalue weighted by Crippen LogP contribution is -2.12. The molecule has 1 N–H and O–H groups in total. The van der Waals surface area contributed by atoms with E-state index in [0.717, 1.165) is 12.1 Å². The molecule has 98 valence electrons. The predicted molar refractivity (Wildman–Crippen MR) is 68.5 cm³/mol. The Morgan fingerprint density at radius 3 is 2.50 bits per heavy atom. The van der Waals surface area contributed by atoms with Gasteiger partial charge >= 0.3 is 5.97 Å². The maximum Gasteiger partial charge on any atom is 0.338 e. The minimum atomic E-state index is -4.04. The van der Waals surface area contributed by atoms with Crippen LogP contribution in [-0.4, -0.2) is 25.2 Å². The molecule has 0 fully saturated rings. The van der Waals surface area contributed by atoms with Crippen molar-refractivity contribution in [2.75, 3.05) is 5.75 Å². The van der Waals surface area contributed by atoms with Crippen LogP contribution in [0.15, 0.2) is 28.1 Å². The van der Waals surface area contributed by atoms with Gasteiger partial charge in [-0.3, -0.25) is 0 Å². The Balaban J connectivity index is 3.51. The van der Waals surface area contributed by atoms with Crippen LogP contribution in [0.1, 0.15) is 10.4 Å². The van der Waals surface area contributed by atoms with Crippen molar-refractivity contribution >= 4 is 43.3 Å². The lowest BCUT2D eigenvalue weighted by molar-refractivity contribution is 0.0691. The third-order valence-electron chi connectivity index (χ3n) is 1.92. The SMILES string of the molecule is C=C(Br)CS(=O)(=O)c1cc(Cl)cc(C(=O)O)c1F. The van der Waals surface area contributed by atoms with Gasteiger partial charge in [-0.2, -0.15) is 0 Å². The maximum atomic E-state index is 13.8. The second kappa shape index (κ2) is 5.38. The largest absolute Gasteiger partial charge is 0.478 e. The highest BCUT2D eigenvalue weighted by Gasteiger charge is 2.25. The van der Waals surface area contributed by atoms with Gasteiger partial charge < -0.3 is 5.11 Å². The van der Waals surface area contributed by atoms with Gasteiger partial charge in [-0.25, -0.2) is 17.6 Å². The average molecular weight is 358 g/mol. The van der Waals surface area contributed by atoms with Crippen molar-refractivity contribution < 1.29 is 22.7 Å². The number of carbonyl (C=O) groups is 1. The van der Waals surface area contributed by atoms with Gasteiger partial charge in [0.1, 0.15) is 4.90 Å². The zero-order chi connectivity index (χ0) is 14.1. The molecule has 0 saturated carbocycles. The molecule has 1 aromatic rings. The van der Waals surface area contributed by atoms with Crippen molar-refractivity contribution in [3.05, 3.63) is 39.6 Å². The molecule has 0 aliphatic heterocycles. The Bertz CT molecular complexity index is 627. The molecule has 0 unspecified atom stereocenters. The second-order valence-electron chi connectivity index (χ2n) is 3.35. The number of rotatable bonds is 4. The van der Waals surface area contributed by atoms with E-state index in [1.54, 1.807) is 0 Å². The van der Waals surface area contributed by atoms with E-state index in [1.807, 2.05) is 0 Å². The highest BCUT2D eigenvalue weighted by atomic mass is 79.9. The van der Waals surface area contributed by atoms with Crippen molar-refractivity contribution in [2.45, 2.75) is 4.90 Å². The Labute approximate surface area is 116 Å². The minimum Gasteiger partial charge on any atom is -0.478 e. The first-order valence-electron chi connectivity index (χ1n) is 4.43. The Morgan fingerprint density at radius 1 is 1.50 bits per heavy atom. The van der Waals surface area contributed by atoms with Crippen LogP contribution < -0.4 is 0 Å².